The van der Waals surface area contributed by atoms with Crippen LogP contribution in [0.25, 0.3) is 12.2 Å². The highest BCUT2D eigenvalue weighted by Gasteiger charge is 2.21. The van der Waals surface area contributed by atoms with E-state index in [2.05, 4.69) is 104 Å². The van der Waals surface area contributed by atoms with Gasteiger partial charge in [0.15, 0.2) is 0 Å². The molecule has 2 aromatic carbocycles. The molecule has 4 rings (SSSR count). The van der Waals surface area contributed by atoms with Crippen molar-refractivity contribution in [2.24, 2.45) is 0 Å². The smallest absolute Gasteiger partial charge is 0.295 e. The molecule has 0 fully saturated rings. The average molecular weight is 959 g/mol. The standard InChI is InChI=1S/C42H66N14O8S2/c1-9-55(10-2)23-13-21-43-35-47-37(51-39(49-35)53-41(5,6)27-57)45-31-19-17-29(33(25-31)65-64-63-59)15-16-30-18-20-32(26-34(30)66(60,61)62)46-38-48-36(44-22-14-24-56(11-3)12-4)50-40(52-38)54-42(7,8)28-58/h15-20,25-26,57-59H,9-14,21-24,27-28H2,1-8H3,(H,60,61,62)(H3,43,45,47,49,51,53)(H3,44,46,48,50,52,54). The number of aliphatic hydroxyl groups excluding tert-OH is 2. The molecule has 0 unspecified atom stereocenters. The number of anilines is 8. The van der Waals surface area contributed by atoms with Crippen LogP contribution in [0.4, 0.5) is 47.1 Å². The SMILES string of the molecule is CCN(CC)CCCNc1nc(Nc2ccc(C=Cc3ccc(Nc4nc(NCCCN(CC)CC)nc(NC(C)(C)CO)n4)cc3S(=O)(=O)O)c(SOOO)c2)nc(NC(C)(C)CO)n1. The largest absolute Gasteiger partial charge is 0.394 e. The molecule has 0 atom stereocenters. The Morgan fingerprint density at radius 2 is 1.08 bits per heavy atom. The molecule has 0 spiro atoms. The zero-order chi connectivity index (χ0) is 48.3. The fourth-order valence-corrected chi connectivity index (χ4v) is 7.41. The van der Waals surface area contributed by atoms with E-state index in [1.165, 1.54) is 18.2 Å². The minimum absolute atomic E-state index is 0.0792. The summed E-state index contributed by atoms with van der Waals surface area (Å²) in [5, 5.41) is 51.6. The Morgan fingerprint density at radius 1 is 0.652 bits per heavy atom. The maximum Gasteiger partial charge on any atom is 0.295 e. The molecule has 24 heteroatoms. The number of nitrogens with one attached hydrogen (secondary N) is 6. The Kier molecular flexibility index (Phi) is 20.9. The predicted molar refractivity (Wildman–Crippen MR) is 260 cm³/mol. The zero-order valence-electron chi connectivity index (χ0n) is 38.9. The van der Waals surface area contributed by atoms with Crippen molar-refractivity contribution in [1.29, 1.82) is 0 Å². The minimum atomic E-state index is -4.76. The van der Waals surface area contributed by atoms with Crippen LogP contribution in [-0.4, -0.2) is 145 Å². The topological polar surface area (TPSA) is 290 Å². The van der Waals surface area contributed by atoms with Crippen LogP contribution in [0, 0.1) is 0 Å². The van der Waals surface area contributed by atoms with Crippen LogP contribution in [0.15, 0.2) is 46.2 Å². The molecule has 0 amide bonds. The van der Waals surface area contributed by atoms with Crippen molar-refractivity contribution in [1.82, 2.24) is 39.7 Å². The molecule has 0 saturated carbocycles. The molecule has 364 valence electrons. The Labute approximate surface area is 391 Å². The summed E-state index contributed by atoms with van der Waals surface area (Å²) >= 11 is 0.677. The van der Waals surface area contributed by atoms with Crippen molar-refractivity contribution < 1.29 is 37.8 Å². The van der Waals surface area contributed by atoms with Crippen molar-refractivity contribution >= 4 is 81.4 Å². The summed E-state index contributed by atoms with van der Waals surface area (Å²) < 4.78 is 40.7. The van der Waals surface area contributed by atoms with Crippen LogP contribution < -0.4 is 31.9 Å². The number of nitrogens with zero attached hydrogens (tertiary/aromatic N) is 8. The highest BCUT2D eigenvalue weighted by atomic mass is 32.2. The van der Waals surface area contributed by atoms with Gasteiger partial charge in [-0.25, -0.2) is 5.26 Å². The van der Waals surface area contributed by atoms with Crippen LogP contribution in [0.1, 0.15) is 79.4 Å². The van der Waals surface area contributed by atoms with Crippen LogP contribution >= 0.6 is 12.0 Å². The summed E-state index contributed by atoms with van der Waals surface area (Å²) in [4.78, 5) is 31.6. The molecule has 66 heavy (non-hydrogen) atoms. The molecule has 22 nitrogen and oxygen atoms in total. The normalized spacial score (nSPS) is 12.3. The van der Waals surface area contributed by atoms with E-state index in [9.17, 15) is 23.2 Å². The quantitative estimate of drug-likeness (QED) is 0.00711. The van der Waals surface area contributed by atoms with Crippen molar-refractivity contribution in [3.8, 4) is 0 Å². The number of aliphatic hydroxyl groups is 2. The third-order valence-corrected chi connectivity index (χ3v) is 11.6. The van der Waals surface area contributed by atoms with Crippen LogP contribution in [0.3, 0.4) is 0 Å². The first kappa shape index (κ1) is 53.6. The summed E-state index contributed by atoms with van der Waals surface area (Å²) in [6.45, 7) is 22.0. The van der Waals surface area contributed by atoms with Gasteiger partial charge in [0.2, 0.25) is 35.7 Å². The van der Waals surface area contributed by atoms with Crippen molar-refractivity contribution in [3.05, 3.63) is 47.5 Å². The second-order valence-electron chi connectivity index (χ2n) is 16.4. The number of rotatable bonds is 30. The van der Waals surface area contributed by atoms with Crippen molar-refractivity contribution in [2.45, 2.75) is 89.1 Å². The third kappa shape index (κ3) is 17.7. The second kappa shape index (κ2) is 25.8. The zero-order valence-corrected chi connectivity index (χ0v) is 40.6. The maximum atomic E-state index is 12.8. The van der Waals surface area contributed by atoms with Crippen molar-refractivity contribution in [2.75, 3.05) is 97.5 Å². The van der Waals surface area contributed by atoms with Crippen molar-refractivity contribution in [3.63, 3.8) is 0 Å². The molecule has 0 saturated heterocycles. The third-order valence-electron chi connectivity index (χ3n) is 10.0. The van der Waals surface area contributed by atoms with Crippen LogP contribution in [-0.2, 0) is 19.5 Å². The molecule has 0 aliphatic carbocycles. The van der Waals surface area contributed by atoms with Gasteiger partial charge in [-0.05, 0) is 115 Å². The van der Waals surface area contributed by atoms with E-state index in [1.807, 2.05) is 0 Å². The number of hydrogen-bond donors (Lipinski definition) is 10. The monoisotopic (exact) mass is 958 g/mol. The van der Waals surface area contributed by atoms with Gasteiger partial charge in [0.05, 0.1) is 36.3 Å². The molecule has 0 aliphatic rings. The molecule has 10 N–H and O–H groups in total. The van der Waals surface area contributed by atoms with E-state index in [-0.39, 0.29) is 54.2 Å². The van der Waals surface area contributed by atoms with E-state index in [0.29, 0.717) is 47.2 Å². The first-order chi connectivity index (χ1) is 31.4. The van der Waals surface area contributed by atoms with Crippen LogP contribution in [0.5, 0.6) is 0 Å². The molecule has 0 aliphatic heterocycles. The lowest BCUT2D eigenvalue weighted by Crippen LogP contribution is -2.36. The molecule has 2 heterocycles. The number of hydrogen-bond acceptors (Lipinski definition) is 22. The van der Waals surface area contributed by atoms with Gasteiger partial charge in [0.25, 0.3) is 10.1 Å². The molecule has 0 bridgehead atoms. The lowest BCUT2D eigenvalue weighted by atomic mass is 10.1. The second-order valence-corrected chi connectivity index (χ2v) is 18.5. The summed E-state index contributed by atoms with van der Waals surface area (Å²) in [6.07, 6.45) is 4.78. The highest BCUT2D eigenvalue weighted by molar-refractivity contribution is 7.94. The first-order valence-electron chi connectivity index (χ1n) is 21.8. The van der Waals surface area contributed by atoms with Gasteiger partial charge in [-0.2, -0.15) is 38.3 Å². The van der Waals surface area contributed by atoms with Gasteiger partial charge in [0, 0.05) is 29.4 Å². The predicted octanol–water partition coefficient (Wildman–Crippen LogP) is 6.04. The highest BCUT2D eigenvalue weighted by Crippen LogP contribution is 2.31. The number of benzene rings is 2. The van der Waals surface area contributed by atoms with Gasteiger partial charge in [-0.1, -0.05) is 57.0 Å². The fourth-order valence-electron chi connectivity index (χ4n) is 6.19. The van der Waals surface area contributed by atoms with Gasteiger partial charge >= 0.3 is 0 Å². The van der Waals surface area contributed by atoms with Gasteiger partial charge < -0.3 is 51.9 Å². The molecular formula is C42H66N14O8S2. The van der Waals surface area contributed by atoms with Gasteiger partial charge in [0.1, 0.15) is 4.90 Å². The first-order valence-corrected chi connectivity index (χ1v) is 24.0. The summed E-state index contributed by atoms with van der Waals surface area (Å²) in [5.41, 5.74) is -0.0840. The van der Waals surface area contributed by atoms with Gasteiger partial charge in [-0.3, -0.25) is 4.55 Å². The fraction of sp³-hybridized carbons (Fsp3) is 0.524. The van der Waals surface area contributed by atoms with E-state index < -0.39 is 26.1 Å². The van der Waals surface area contributed by atoms with E-state index in [0.717, 1.165) is 52.1 Å². The molecule has 4 aromatic rings. The van der Waals surface area contributed by atoms with E-state index in [1.54, 1.807) is 58.0 Å². The van der Waals surface area contributed by atoms with Crippen LogP contribution in [0.2, 0.25) is 0 Å². The van der Waals surface area contributed by atoms with E-state index >= 15 is 0 Å². The Morgan fingerprint density at radius 3 is 1.52 bits per heavy atom. The van der Waals surface area contributed by atoms with Gasteiger partial charge in [-0.15, -0.1) is 4.33 Å². The summed E-state index contributed by atoms with van der Waals surface area (Å²) in [7, 11) is -4.76. The lowest BCUT2D eigenvalue weighted by molar-refractivity contribution is -0.432. The van der Waals surface area contributed by atoms with E-state index in [4.69, 9.17) is 9.59 Å². The Balaban J connectivity index is 1.61. The molecule has 0 radical (unpaired) electrons. The maximum absolute atomic E-state index is 12.8. The Hall–Kier alpha value is -5.02. The summed E-state index contributed by atoms with van der Waals surface area (Å²) in [5.74, 6) is 1.26. The lowest BCUT2D eigenvalue weighted by Gasteiger charge is -2.24. The minimum Gasteiger partial charge on any atom is -0.394 e. The Bertz CT molecular complexity index is 2280. The number of aromatic nitrogens is 6. The molecular weight excluding hydrogens is 893 g/mol. The summed E-state index contributed by atoms with van der Waals surface area (Å²) in [6, 6.07) is 9.43. The molecule has 2 aromatic heterocycles. The average Bonchev–Trinajstić information content (AvgIpc) is 3.27.